The van der Waals surface area contributed by atoms with Crippen molar-refractivity contribution in [1.29, 1.82) is 0 Å². The third kappa shape index (κ3) is 9.65. The summed E-state index contributed by atoms with van der Waals surface area (Å²) in [6.07, 6.45) is 3.49. The second kappa shape index (κ2) is 9.22. The molecule has 0 bridgehead atoms. The van der Waals surface area contributed by atoms with E-state index in [2.05, 4.69) is 64.2 Å². The highest BCUT2D eigenvalue weighted by molar-refractivity contribution is 5.22. The molecule has 0 aliphatic rings. The predicted octanol–water partition coefficient (Wildman–Crippen LogP) is 4.57. The maximum atomic E-state index is 5.72. The molecule has 0 unspecified atom stereocenters. The molecule has 2 heteroatoms. The second-order valence-corrected chi connectivity index (χ2v) is 7.33. The monoisotopic (exact) mass is 291 g/mol. The van der Waals surface area contributed by atoms with Crippen molar-refractivity contribution in [1.82, 2.24) is 5.32 Å². The smallest absolute Gasteiger partial charge is 0.0716 e. The number of nitrogens with one attached hydrogen (secondary N) is 1. The zero-order valence-electron chi connectivity index (χ0n) is 14.5. The summed E-state index contributed by atoms with van der Waals surface area (Å²) in [6.45, 7) is 13.7. The minimum Gasteiger partial charge on any atom is -0.377 e. The molecule has 0 spiro atoms. The highest BCUT2D eigenvalue weighted by atomic mass is 16.5. The van der Waals surface area contributed by atoms with E-state index >= 15 is 0 Å². The second-order valence-electron chi connectivity index (χ2n) is 7.33. The average molecular weight is 291 g/mol. The van der Waals surface area contributed by atoms with Crippen LogP contribution in [0.4, 0.5) is 0 Å². The van der Waals surface area contributed by atoms with Gasteiger partial charge in [-0.15, -0.1) is 0 Å². The molecule has 1 aromatic rings. The van der Waals surface area contributed by atoms with Crippen LogP contribution < -0.4 is 5.32 Å². The van der Waals surface area contributed by atoms with Crippen LogP contribution in [-0.2, 0) is 17.8 Å². The van der Waals surface area contributed by atoms with Gasteiger partial charge in [0.2, 0.25) is 0 Å². The van der Waals surface area contributed by atoms with Crippen LogP contribution in [-0.4, -0.2) is 18.7 Å². The Morgan fingerprint density at radius 2 is 1.67 bits per heavy atom. The van der Waals surface area contributed by atoms with E-state index in [-0.39, 0.29) is 5.54 Å². The Hall–Kier alpha value is -0.860. The molecule has 0 atom stereocenters. The Morgan fingerprint density at radius 1 is 1.05 bits per heavy atom. The Morgan fingerprint density at radius 3 is 2.24 bits per heavy atom. The molecule has 2 nitrogen and oxygen atoms in total. The van der Waals surface area contributed by atoms with Crippen LogP contribution in [0.3, 0.4) is 0 Å². The fourth-order valence-corrected chi connectivity index (χ4v) is 2.17. The molecule has 0 saturated carbocycles. The van der Waals surface area contributed by atoms with E-state index in [1.54, 1.807) is 0 Å². The minimum absolute atomic E-state index is 0.198. The Labute approximate surface area is 131 Å². The summed E-state index contributed by atoms with van der Waals surface area (Å²) in [5.41, 5.74) is 2.85. The summed E-state index contributed by atoms with van der Waals surface area (Å²) >= 11 is 0. The molecule has 1 N–H and O–H groups in total. The summed E-state index contributed by atoms with van der Waals surface area (Å²) < 4.78 is 5.72. The lowest BCUT2D eigenvalue weighted by Gasteiger charge is -2.20. The first-order valence-corrected chi connectivity index (χ1v) is 8.27. The van der Waals surface area contributed by atoms with E-state index < -0.39 is 0 Å². The first kappa shape index (κ1) is 18.2. The number of hydrogen-bond acceptors (Lipinski definition) is 2. The number of ether oxygens (including phenoxy) is 1. The topological polar surface area (TPSA) is 21.3 Å². The predicted molar refractivity (Wildman–Crippen MR) is 91.6 cm³/mol. The summed E-state index contributed by atoms with van der Waals surface area (Å²) in [5.74, 6) is 0.773. The van der Waals surface area contributed by atoms with E-state index in [0.717, 1.165) is 38.5 Å². The Kier molecular flexibility index (Phi) is 7.98. The quantitative estimate of drug-likeness (QED) is 0.673. The van der Waals surface area contributed by atoms with Crippen molar-refractivity contribution in [3.8, 4) is 0 Å². The van der Waals surface area contributed by atoms with Gasteiger partial charge >= 0.3 is 0 Å². The first-order chi connectivity index (χ1) is 9.87. The van der Waals surface area contributed by atoms with Crippen LogP contribution in [0.1, 0.15) is 58.6 Å². The van der Waals surface area contributed by atoms with Crippen molar-refractivity contribution in [2.75, 3.05) is 13.2 Å². The van der Waals surface area contributed by atoms with Gasteiger partial charge in [0.25, 0.3) is 0 Å². The molecule has 1 aromatic carbocycles. The zero-order chi connectivity index (χ0) is 15.7. The number of rotatable bonds is 9. The van der Waals surface area contributed by atoms with Gasteiger partial charge < -0.3 is 10.1 Å². The lowest BCUT2D eigenvalue weighted by molar-refractivity contribution is 0.115. The van der Waals surface area contributed by atoms with E-state index in [0.29, 0.717) is 0 Å². The first-order valence-electron chi connectivity index (χ1n) is 8.27. The molecular formula is C19H33NO. The van der Waals surface area contributed by atoms with Gasteiger partial charge in [0, 0.05) is 12.1 Å². The van der Waals surface area contributed by atoms with Crippen molar-refractivity contribution >= 4 is 0 Å². The van der Waals surface area contributed by atoms with Crippen LogP contribution >= 0.6 is 0 Å². The largest absolute Gasteiger partial charge is 0.377 e. The van der Waals surface area contributed by atoms with Crippen molar-refractivity contribution < 1.29 is 4.74 Å². The number of hydrogen-bond donors (Lipinski definition) is 1. The Balaban J connectivity index is 2.21. The maximum absolute atomic E-state index is 5.72. The van der Waals surface area contributed by atoms with Crippen LogP contribution in [0.25, 0.3) is 0 Å². The average Bonchev–Trinajstić information content (AvgIpc) is 2.38. The van der Waals surface area contributed by atoms with Gasteiger partial charge in [0.05, 0.1) is 6.61 Å². The molecule has 0 saturated heterocycles. The standard InChI is InChI=1S/C19H33NO/c1-16(2)7-6-14-21-15-18-10-8-17(9-11-18)12-13-20-19(3,4)5/h8-11,16,20H,6-7,12-15H2,1-5H3. The van der Waals surface area contributed by atoms with Gasteiger partial charge in [-0.2, -0.15) is 0 Å². The molecule has 120 valence electrons. The zero-order valence-corrected chi connectivity index (χ0v) is 14.5. The van der Waals surface area contributed by atoms with Crippen molar-refractivity contribution in [2.45, 2.75) is 66.0 Å². The summed E-state index contributed by atoms with van der Waals surface area (Å²) in [6, 6.07) is 8.82. The molecule has 0 aliphatic carbocycles. The summed E-state index contributed by atoms with van der Waals surface area (Å²) in [5, 5.41) is 3.52. The highest BCUT2D eigenvalue weighted by Gasteiger charge is 2.07. The van der Waals surface area contributed by atoms with Crippen LogP contribution in [0, 0.1) is 5.92 Å². The van der Waals surface area contributed by atoms with Gasteiger partial charge in [-0.3, -0.25) is 0 Å². The van der Waals surface area contributed by atoms with Crippen molar-refractivity contribution in [2.24, 2.45) is 5.92 Å². The highest BCUT2D eigenvalue weighted by Crippen LogP contribution is 2.09. The third-order valence-corrected chi connectivity index (χ3v) is 3.43. The molecule has 1 rings (SSSR count). The molecule has 0 aromatic heterocycles. The molecule has 0 aliphatic heterocycles. The lowest BCUT2D eigenvalue weighted by atomic mass is 10.1. The van der Waals surface area contributed by atoms with Crippen LogP contribution in [0.15, 0.2) is 24.3 Å². The maximum Gasteiger partial charge on any atom is 0.0716 e. The van der Waals surface area contributed by atoms with E-state index in [1.165, 1.54) is 17.5 Å². The fourth-order valence-electron chi connectivity index (χ4n) is 2.17. The van der Waals surface area contributed by atoms with E-state index in [4.69, 9.17) is 4.74 Å². The summed E-state index contributed by atoms with van der Waals surface area (Å²) in [7, 11) is 0. The SMILES string of the molecule is CC(C)CCCOCc1ccc(CCNC(C)(C)C)cc1. The molecule has 0 amide bonds. The number of benzene rings is 1. The van der Waals surface area contributed by atoms with Crippen LogP contribution in [0.5, 0.6) is 0 Å². The Bertz CT molecular complexity index is 376. The lowest BCUT2D eigenvalue weighted by Crippen LogP contribution is -2.37. The third-order valence-electron chi connectivity index (χ3n) is 3.43. The van der Waals surface area contributed by atoms with Gasteiger partial charge in [-0.05, 0) is 63.6 Å². The van der Waals surface area contributed by atoms with E-state index in [9.17, 15) is 0 Å². The molecular weight excluding hydrogens is 258 g/mol. The van der Waals surface area contributed by atoms with Gasteiger partial charge in [0.1, 0.15) is 0 Å². The normalized spacial score (nSPS) is 12.1. The molecule has 0 radical (unpaired) electrons. The van der Waals surface area contributed by atoms with Gasteiger partial charge in [-0.1, -0.05) is 38.1 Å². The van der Waals surface area contributed by atoms with Gasteiger partial charge in [0.15, 0.2) is 0 Å². The summed E-state index contributed by atoms with van der Waals surface area (Å²) in [4.78, 5) is 0. The van der Waals surface area contributed by atoms with Crippen LogP contribution in [0.2, 0.25) is 0 Å². The minimum atomic E-state index is 0.198. The van der Waals surface area contributed by atoms with Crippen molar-refractivity contribution in [3.05, 3.63) is 35.4 Å². The fraction of sp³-hybridized carbons (Fsp3) is 0.684. The van der Waals surface area contributed by atoms with Gasteiger partial charge in [-0.25, -0.2) is 0 Å². The molecule has 0 fully saturated rings. The molecule has 21 heavy (non-hydrogen) atoms. The van der Waals surface area contributed by atoms with Crippen molar-refractivity contribution in [3.63, 3.8) is 0 Å². The molecule has 0 heterocycles. The van der Waals surface area contributed by atoms with E-state index in [1.807, 2.05) is 0 Å².